The van der Waals surface area contributed by atoms with E-state index in [2.05, 4.69) is 5.32 Å². The highest BCUT2D eigenvalue weighted by atomic mass is 35.5. The fourth-order valence-corrected chi connectivity index (χ4v) is 4.28. The molecule has 2 aromatic rings. The molecule has 0 radical (unpaired) electrons. The molecule has 0 unspecified atom stereocenters. The molecular formula is C22H20ClNO3. The van der Waals surface area contributed by atoms with Crippen LogP contribution < -0.4 is 10.1 Å². The van der Waals surface area contributed by atoms with Crippen molar-refractivity contribution in [1.29, 1.82) is 0 Å². The lowest BCUT2D eigenvalue weighted by Crippen LogP contribution is -2.38. The number of ketones is 1. The summed E-state index contributed by atoms with van der Waals surface area (Å²) >= 11 is 6.13. The third kappa shape index (κ3) is 3.50. The molecule has 5 heteroatoms. The first-order valence-electron chi connectivity index (χ1n) is 9.00. The number of ether oxygens (including phenoxy) is 1. The zero-order chi connectivity index (χ0) is 19.0. The third-order valence-corrected chi connectivity index (χ3v) is 5.61. The third-order valence-electron chi connectivity index (χ3n) is 5.37. The monoisotopic (exact) mass is 381 g/mol. The van der Waals surface area contributed by atoms with Gasteiger partial charge >= 0.3 is 0 Å². The Labute approximate surface area is 163 Å². The summed E-state index contributed by atoms with van der Waals surface area (Å²) in [5.74, 6) is 0.661. The molecule has 1 aliphatic heterocycles. The zero-order valence-electron chi connectivity index (χ0n) is 15.0. The van der Waals surface area contributed by atoms with Gasteiger partial charge in [0.1, 0.15) is 5.75 Å². The molecule has 4 nitrogen and oxygen atoms in total. The molecule has 1 heterocycles. The van der Waals surface area contributed by atoms with Crippen molar-refractivity contribution in [1.82, 2.24) is 5.32 Å². The Morgan fingerprint density at radius 3 is 2.48 bits per heavy atom. The molecule has 2 atom stereocenters. The average Bonchev–Trinajstić information content (AvgIpc) is 2.67. The normalized spacial score (nSPS) is 22.3. The molecule has 2 aromatic carbocycles. The van der Waals surface area contributed by atoms with E-state index in [0.29, 0.717) is 17.9 Å². The number of halogens is 1. The minimum Gasteiger partial charge on any atom is -0.497 e. The number of nitrogens with one attached hydrogen (secondary N) is 1. The number of methoxy groups -OCH3 is 1. The Balaban J connectivity index is 1.68. The van der Waals surface area contributed by atoms with Gasteiger partial charge in [-0.15, -0.1) is 0 Å². The lowest BCUT2D eigenvalue weighted by atomic mass is 9.73. The first kappa shape index (κ1) is 17.8. The molecule has 0 fully saturated rings. The van der Waals surface area contributed by atoms with Crippen LogP contribution in [0.15, 0.2) is 59.8 Å². The summed E-state index contributed by atoms with van der Waals surface area (Å²) in [5, 5.41) is 3.56. The van der Waals surface area contributed by atoms with Crippen LogP contribution in [0.5, 0.6) is 5.75 Å². The molecule has 1 aliphatic carbocycles. The standard InChI is InChI=1S/C22H20ClNO3/c1-27-17-7-5-13(6-8-17)15-10-19-22(20(25)11-15)18(12-21(26)24-19)14-3-2-4-16(23)9-14/h2-9,15,18H,10-12H2,1H3,(H,24,26)/t15-,18-/m1/s1. The summed E-state index contributed by atoms with van der Waals surface area (Å²) in [6.07, 6.45) is 1.37. The molecule has 27 heavy (non-hydrogen) atoms. The van der Waals surface area contributed by atoms with Gasteiger partial charge in [-0.1, -0.05) is 35.9 Å². The summed E-state index contributed by atoms with van der Waals surface area (Å²) in [7, 11) is 1.63. The van der Waals surface area contributed by atoms with Gasteiger partial charge in [-0.3, -0.25) is 9.59 Å². The molecule has 0 aromatic heterocycles. The first-order valence-corrected chi connectivity index (χ1v) is 9.38. The molecule has 2 aliphatic rings. The lowest BCUT2D eigenvalue weighted by Gasteiger charge is -2.34. The minimum absolute atomic E-state index is 0.0538. The van der Waals surface area contributed by atoms with Gasteiger partial charge in [-0.05, 0) is 47.7 Å². The van der Waals surface area contributed by atoms with Crippen molar-refractivity contribution in [3.8, 4) is 5.75 Å². The molecule has 0 saturated carbocycles. The number of benzene rings is 2. The van der Waals surface area contributed by atoms with E-state index >= 15 is 0 Å². The van der Waals surface area contributed by atoms with Crippen LogP contribution >= 0.6 is 11.6 Å². The maximum absolute atomic E-state index is 13.0. The summed E-state index contributed by atoms with van der Waals surface area (Å²) in [6, 6.07) is 15.2. The second-order valence-corrected chi connectivity index (χ2v) is 7.49. The summed E-state index contributed by atoms with van der Waals surface area (Å²) < 4.78 is 5.21. The van der Waals surface area contributed by atoms with Crippen LogP contribution in [0.2, 0.25) is 5.02 Å². The summed E-state index contributed by atoms with van der Waals surface area (Å²) in [4.78, 5) is 25.4. The molecule has 138 valence electrons. The molecule has 0 saturated heterocycles. The number of allylic oxidation sites excluding steroid dienone is 2. The second kappa shape index (κ2) is 7.20. The Kier molecular flexibility index (Phi) is 4.75. The van der Waals surface area contributed by atoms with Gasteiger partial charge in [0.05, 0.1) is 7.11 Å². The Morgan fingerprint density at radius 2 is 1.78 bits per heavy atom. The van der Waals surface area contributed by atoms with E-state index in [0.717, 1.165) is 28.1 Å². The number of carbonyl (C=O) groups is 2. The van der Waals surface area contributed by atoms with Crippen LogP contribution in [0.1, 0.15) is 42.2 Å². The summed E-state index contributed by atoms with van der Waals surface area (Å²) in [6.45, 7) is 0. The van der Waals surface area contributed by atoms with E-state index in [4.69, 9.17) is 16.3 Å². The Hall–Kier alpha value is -2.59. The van der Waals surface area contributed by atoms with Crippen molar-refractivity contribution in [2.75, 3.05) is 7.11 Å². The first-order chi connectivity index (χ1) is 13.0. The average molecular weight is 382 g/mol. The number of Topliss-reactive ketones (excluding diaryl/α,β-unsaturated/α-hetero) is 1. The van der Waals surface area contributed by atoms with Crippen LogP contribution in [0.4, 0.5) is 0 Å². The van der Waals surface area contributed by atoms with Crippen LogP contribution in [-0.4, -0.2) is 18.8 Å². The highest BCUT2D eigenvalue weighted by Crippen LogP contribution is 2.43. The maximum Gasteiger partial charge on any atom is 0.225 e. The van der Waals surface area contributed by atoms with Crippen LogP contribution in [0, 0.1) is 0 Å². The lowest BCUT2D eigenvalue weighted by molar-refractivity contribution is -0.122. The highest BCUT2D eigenvalue weighted by molar-refractivity contribution is 6.30. The fraction of sp³-hybridized carbons (Fsp3) is 0.273. The Morgan fingerprint density at radius 1 is 1.00 bits per heavy atom. The largest absolute Gasteiger partial charge is 0.497 e. The molecular weight excluding hydrogens is 362 g/mol. The maximum atomic E-state index is 13.0. The van der Waals surface area contributed by atoms with Crippen molar-refractivity contribution in [2.24, 2.45) is 0 Å². The molecule has 1 N–H and O–H groups in total. The van der Waals surface area contributed by atoms with Crippen molar-refractivity contribution in [2.45, 2.75) is 31.1 Å². The van der Waals surface area contributed by atoms with E-state index in [1.54, 1.807) is 13.2 Å². The number of amides is 1. The van der Waals surface area contributed by atoms with Gasteiger partial charge < -0.3 is 10.1 Å². The van der Waals surface area contributed by atoms with E-state index in [9.17, 15) is 9.59 Å². The van der Waals surface area contributed by atoms with Crippen molar-refractivity contribution in [3.05, 3.63) is 76.0 Å². The molecule has 4 rings (SSSR count). The number of hydrogen-bond acceptors (Lipinski definition) is 3. The topological polar surface area (TPSA) is 55.4 Å². The van der Waals surface area contributed by atoms with Gasteiger partial charge in [0.2, 0.25) is 5.91 Å². The minimum atomic E-state index is -0.225. The van der Waals surface area contributed by atoms with Gasteiger partial charge in [0.25, 0.3) is 0 Å². The van der Waals surface area contributed by atoms with E-state index in [1.807, 2.05) is 42.5 Å². The molecule has 0 bridgehead atoms. The SMILES string of the molecule is COc1ccc([C@H]2CC(=O)C3=C(C2)NC(=O)C[C@@H]3c2cccc(Cl)c2)cc1. The van der Waals surface area contributed by atoms with Gasteiger partial charge in [0.15, 0.2) is 5.78 Å². The van der Waals surface area contributed by atoms with Gasteiger partial charge in [0, 0.05) is 35.1 Å². The van der Waals surface area contributed by atoms with Crippen molar-refractivity contribution in [3.63, 3.8) is 0 Å². The number of rotatable bonds is 3. The van der Waals surface area contributed by atoms with Crippen molar-refractivity contribution < 1.29 is 14.3 Å². The van der Waals surface area contributed by atoms with E-state index in [-0.39, 0.29) is 29.9 Å². The van der Waals surface area contributed by atoms with Gasteiger partial charge in [-0.2, -0.15) is 0 Å². The predicted molar refractivity (Wildman–Crippen MR) is 104 cm³/mol. The number of carbonyl (C=O) groups excluding carboxylic acids is 2. The fourth-order valence-electron chi connectivity index (χ4n) is 4.08. The van der Waals surface area contributed by atoms with Crippen LogP contribution in [0.25, 0.3) is 0 Å². The highest BCUT2D eigenvalue weighted by Gasteiger charge is 2.38. The molecule has 1 amide bonds. The predicted octanol–water partition coefficient (Wildman–Crippen LogP) is 4.35. The second-order valence-electron chi connectivity index (χ2n) is 7.05. The van der Waals surface area contributed by atoms with E-state index < -0.39 is 0 Å². The summed E-state index contributed by atoms with van der Waals surface area (Å²) in [5.41, 5.74) is 3.49. The van der Waals surface area contributed by atoms with E-state index in [1.165, 1.54) is 0 Å². The molecule has 0 spiro atoms. The van der Waals surface area contributed by atoms with Crippen molar-refractivity contribution >= 4 is 23.3 Å². The quantitative estimate of drug-likeness (QED) is 0.859. The smallest absolute Gasteiger partial charge is 0.225 e. The number of hydrogen-bond donors (Lipinski definition) is 1. The van der Waals surface area contributed by atoms with Crippen LogP contribution in [0.3, 0.4) is 0 Å². The zero-order valence-corrected chi connectivity index (χ0v) is 15.8. The van der Waals surface area contributed by atoms with Crippen LogP contribution in [-0.2, 0) is 9.59 Å². The van der Waals surface area contributed by atoms with Gasteiger partial charge in [-0.25, -0.2) is 0 Å². The Bertz CT molecular complexity index is 933.